The van der Waals surface area contributed by atoms with Gasteiger partial charge in [-0.1, -0.05) is 58.4 Å². The van der Waals surface area contributed by atoms with Crippen LogP contribution in [0.15, 0.2) is 71.3 Å². The molecule has 1 aliphatic heterocycles. The Morgan fingerprint density at radius 3 is 2.56 bits per heavy atom. The molecule has 36 heavy (non-hydrogen) atoms. The predicted octanol–water partition coefficient (Wildman–Crippen LogP) is 6.22. The van der Waals surface area contributed by atoms with Crippen LogP contribution < -0.4 is 9.64 Å². The van der Waals surface area contributed by atoms with E-state index in [1.54, 1.807) is 17.2 Å². The second kappa shape index (κ2) is 11.7. The number of likely N-dealkylation sites (tertiary alicyclic amines) is 1. The number of anilines is 1. The number of carbonyl (C=O) groups excluding carboxylic acids is 1. The molecule has 0 N–H and O–H groups in total. The van der Waals surface area contributed by atoms with Crippen molar-refractivity contribution in [3.63, 3.8) is 0 Å². The number of hydrogen-bond acceptors (Lipinski definition) is 6. The Morgan fingerprint density at radius 2 is 1.83 bits per heavy atom. The van der Waals surface area contributed by atoms with Crippen molar-refractivity contribution >= 4 is 28.0 Å². The van der Waals surface area contributed by atoms with Gasteiger partial charge in [-0.25, -0.2) is 9.78 Å². The number of carbonyl (C=O) groups is 1. The van der Waals surface area contributed by atoms with Gasteiger partial charge in [0.25, 0.3) is 0 Å². The summed E-state index contributed by atoms with van der Waals surface area (Å²) in [7, 11) is 0. The van der Waals surface area contributed by atoms with Crippen LogP contribution in [0.2, 0.25) is 0 Å². The van der Waals surface area contributed by atoms with Gasteiger partial charge in [0, 0.05) is 36.4 Å². The lowest BCUT2D eigenvalue weighted by atomic mass is 10.0. The van der Waals surface area contributed by atoms with E-state index in [9.17, 15) is 4.79 Å². The molecule has 2 heterocycles. The molecule has 1 aromatic heterocycles. The van der Waals surface area contributed by atoms with Crippen LogP contribution in [0, 0.1) is 0 Å². The highest BCUT2D eigenvalue weighted by Gasteiger charge is 2.32. The summed E-state index contributed by atoms with van der Waals surface area (Å²) in [4.78, 5) is 26.1. The molecule has 0 saturated carbocycles. The molecule has 2 aromatic carbocycles. The number of benzene rings is 2. The molecule has 1 amide bonds. The van der Waals surface area contributed by atoms with E-state index in [0.29, 0.717) is 38.1 Å². The van der Waals surface area contributed by atoms with Gasteiger partial charge < -0.3 is 19.3 Å². The van der Waals surface area contributed by atoms with Crippen molar-refractivity contribution in [1.82, 2.24) is 14.9 Å². The molecule has 0 radical (unpaired) electrons. The fourth-order valence-electron chi connectivity index (χ4n) is 4.13. The first-order valence-electron chi connectivity index (χ1n) is 12.3. The molecule has 8 heteroatoms. The van der Waals surface area contributed by atoms with Gasteiger partial charge in [0.2, 0.25) is 11.8 Å². The summed E-state index contributed by atoms with van der Waals surface area (Å²) in [6.07, 6.45) is 3.25. The summed E-state index contributed by atoms with van der Waals surface area (Å²) in [5, 5.41) is 0. The Morgan fingerprint density at radius 1 is 1.08 bits per heavy atom. The van der Waals surface area contributed by atoms with Gasteiger partial charge in [-0.3, -0.25) is 0 Å². The van der Waals surface area contributed by atoms with E-state index in [4.69, 9.17) is 14.5 Å². The van der Waals surface area contributed by atoms with Crippen LogP contribution in [0.4, 0.5) is 10.7 Å². The number of halogens is 1. The lowest BCUT2D eigenvalue weighted by Gasteiger charge is -2.39. The minimum absolute atomic E-state index is 0.0410. The van der Waals surface area contributed by atoms with E-state index < -0.39 is 5.60 Å². The summed E-state index contributed by atoms with van der Waals surface area (Å²) in [6, 6.07) is 20.1. The van der Waals surface area contributed by atoms with Crippen molar-refractivity contribution in [2.24, 2.45) is 0 Å². The van der Waals surface area contributed by atoms with Crippen LogP contribution in [-0.4, -0.2) is 45.7 Å². The smallest absolute Gasteiger partial charge is 0.410 e. The molecular formula is C28H33BrN4O3. The number of aromatic nitrogens is 2. The van der Waals surface area contributed by atoms with Gasteiger partial charge in [0.1, 0.15) is 12.2 Å². The molecule has 3 aromatic rings. The van der Waals surface area contributed by atoms with Crippen LogP contribution in [0.1, 0.15) is 44.7 Å². The summed E-state index contributed by atoms with van der Waals surface area (Å²) in [5.41, 5.74) is 1.67. The molecule has 1 saturated heterocycles. The van der Waals surface area contributed by atoms with Crippen molar-refractivity contribution in [3.05, 3.63) is 82.5 Å². The van der Waals surface area contributed by atoms with Crippen molar-refractivity contribution < 1.29 is 14.3 Å². The molecule has 4 rings (SSSR count). The highest BCUT2D eigenvalue weighted by molar-refractivity contribution is 9.10. The van der Waals surface area contributed by atoms with E-state index in [-0.39, 0.29) is 12.1 Å². The number of nitrogens with zero attached hydrogens (tertiary/aromatic N) is 4. The topological polar surface area (TPSA) is 67.8 Å². The minimum Gasteiger partial charge on any atom is -0.473 e. The first-order valence-corrected chi connectivity index (χ1v) is 13.0. The van der Waals surface area contributed by atoms with E-state index in [1.165, 1.54) is 0 Å². The Kier molecular flexibility index (Phi) is 8.46. The Bertz CT molecular complexity index is 1140. The van der Waals surface area contributed by atoms with E-state index >= 15 is 0 Å². The molecular weight excluding hydrogens is 520 g/mol. The van der Waals surface area contributed by atoms with Crippen LogP contribution in [0.3, 0.4) is 0 Å². The van der Waals surface area contributed by atoms with Crippen molar-refractivity contribution in [2.45, 2.75) is 58.4 Å². The molecule has 7 nitrogen and oxygen atoms in total. The van der Waals surface area contributed by atoms with E-state index in [1.807, 2.05) is 63.2 Å². The van der Waals surface area contributed by atoms with Crippen LogP contribution >= 0.6 is 15.9 Å². The fraction of sp³-hybridized carbons (Fsp3) is 0.393. The zero-order valence-electron chi connectivity index (χ0n) is 21.1. The van der Waals surface area contributed by atoms with Gasteiger partial charge in [-0.2, -0.15) is 4.98 Å². The third kappa shape index (κ3) is 7.43. The van der Waals surface area contributed by atoms with Crippen LogP contribution in [0.25, 0.3) is 0 Å². The maximum Gasteiger partial charge on any atom is 0.410 e. The number of amides is 1. The number of rotatable bonds is 7. The highest BCUT2D eigenvalue weighted by atomic mass is 79.9. The second-order valence-electron chi connectivity index (χ2n) is 9.95. The number of hydrogen-bond donors (Lipinski definition) is 0. The Hall–Kier alpha value is -3.13. The van der Waals surface area contributed by atoms with E-state index in [2.05, 4.69) is 37.9 Å². The molecule has 0 aliphatic carbocycles. The van der Waals surface area contributed by atoms with Gasteiger partial charge in [0.15, 0.2) is 0 Å². The summed E-state index contributed by atoms with van der Waals surface area (Å²) >= 11 is 3.51. The molecule has 0 bridgehead atoms. The first-order chi connectivity index (χ1) is 17.3. The lowest BCUT2D eigenvalue weighted by molar-refractivity contribution is 0.0197. The Labute approximate surface area is 221 Å². The number of piperidine rings is 1. The fourth-order valence-corrected chi connectivity index (χ4v) is 4.40. The monoisotopic (exact) mass is 552 g/mol. The largest absolute Gasteiger partial charge is 0.473 e. The third-order valence-corrected chi connectivity index (χ3v) is 6.39. The molecule has 1 atom stereocenters. The second-order valence-corrected chi connectivity index (χ2v) is 10.9. The summed E-state index contributed by atoms with van der Waals surface area (Å²) in [5.74, 6) is 1.10. The molecule has 1 fully saturated rings. The normalized spacial score (nSPS) is 15.9. The van der Waals surface area contributed by atoms with Crippen molar-refractivity contribution in [1.29, 1.82) is 0 Å². The quantitative estimate of drug-likeness (QED) is 0.346. The zero-order valence-corrected chi connectivity index (χ0v) is 22.6. The lowest BCUT2D eigenvalue weighted by Crippen LogP contribution is -2.51. The predicted molar refractivity (Wildman–Crippen MR) is 144 cm³/mol. The zero-order chi connectivity index (χ0) is 25.5. The van der Waals surface area contributed by atoms with E-state index in [0.717, 1.165) is 28.4 Å². The summed E-state index contributed by atoms with van der Waals surface area (Å²) in [6.45, 7) is 7.94. The molecule has 1 aliphatic rings. The van der Waals surface area contributed by atoms with Crippen molar-refractivity contribution in [3.8, 4) is 5.88 Å². The highest BCUT2D eigenvalue weighted by Crippen LogP contribution is 2.26. The average Bonchev–Trinajstić information content (AvgIpc) is 2.87. The summed E-state index contributed by atoms with van der Waals surface area (Å²) < 4.78 is 12.7. The van der Waals surface area contributed by atoms with Gasteiger partial charge in [-0.15, -0.1) is 0 Å². The van der Waals surface area contributed by atoms with Crippen molar-refractivity contribution in [2.75, 3.05) is 18.0 Å². The van der Waals surface area contributed by atoms with Gasteiger partial charge >= 0.3 is 6.09 Å². The maximum absolute atomic E-state index is 12.8. The van der Waals surface area contributed by atoms with Gasteiger partial charge in [0.05, 0.1) is 6.04 Å². The average molecular weight is 554 g/mol. The van der Waals surface area contributed by atoms with Crippen LogP contribution in [-0.2, 0) is 17.9 Å². The molecule has 0 spiro atoms. The minimum atomic E-state index is -0.533. The van der Waals surface area contributed by atoms with Gasteiger partial charge in [-0.05, 0) is 56.9 Å². The van der Waals surface area contributed by atoms with Crippen LogP contribution in [0.5, 0.6) is 5.88 Å². The first kappa shape index (κ1) is 25.9. The third-order valence-electron chi connectivity index (χ3n) is 5.86. The molecule has 190 valence electrons. The standard InChI is InChI=1S/C28H33BrN4O3/c1-28(2,3)36-27(34)32-17-7-10-24(19-32)33(18-21-11-13-23(29)14-12-21)26-30-16-15-25(31-26)35-20-22-8-5-4-6-9-22/h4-6,8-9,11-16,24H,7,10,17-20H2,1-3H3. The maximum atomic E-state index is 12.8. The SMILES string of the molecule is CC(C)(C)OC(=O)N1CCCC(N(Cc2ccc(Br)cc2)c2nccc(OCc3ccccc3)n2)C1. The molecule has 1 unspecified atom stereocenters. The Balaban J connectivity index is 1.55. The number of ether oxygens (including phenoxy) is 2.